The van der Waals surface area contributed by atoms with E-state index < -0.39 is 0 Å². The third-order valence-electron chi connectivity index (χ3n) is 2.80. The van der Waals surface area contributed by atoms with Gasteiger partial charge in [-0.05, 0) is 36.7 Å². The Labute approximate surface area is 89.9 Å². The summed E-state index contributed by atoms with van der Waals surface area (Å²) < 4.78 is 1.62. The zero-order valence-corrected chi connectivity index (χ0v) is 9.76. The lowest BCUT2D eigenvalue weighted by Gasteiger charge is -2.20. The molecule has 0 radical (unpaired) electrons. The normalized spacial score (nSPS) is 26.0. The second kappa shape index (κ2) is 5.35. The van der Waals surface area contributed by atoms with Crippen LogP contribution in [0.2, 0.25) is 0 Å². The Kier molecular flexibility index (Phi) is 4.11. The molecule has 2 rings (SSSR count). The SMILES string of the molecule is C(=C1SCCCS1)C1CCCCC1. The molecule has 2 heteroatoms. The van der Waals surface area contributed by atoms with Crippen LogP contribution >= 0.6 is 23.5 Å². The number of allylic oxidation sites excluding steroid dienone is 1. The predicted octanol–water partition coefficient (Wildman–Crippen LogP) is 4.28. The van der Waals surface area contributed by atoms with Crippen molar-refractivity contribution in [2.24, 2.45) is 5.92 Å². The zero-order valence-electron chi connectivity index (χ0n) is 8.13. The van der Waals surface area contributed by atoms with Gasteiger partial charge in [-0.15, -0.1) is 23.5 Å². The van der Waals surface area contributed by atoms with Crippen LogP contribution in [0, 0.1) is 5.92 Å². The van der Waals surface area contributed by atoms with Gasteiger partial charge in [0.2, 0.25) is 0 Å². The summed E-state index contributed by atoms with van der Waals surface area (Å²) in [6.45, 7) is 0. The van der Waals surface area contributed by atoms with E-state index in [0.29, 0.717) is 0 Å². The van der Waals surface area contributed by atoms with E-state index in [1.54, 1.807) is 4.24 Å². The molecule has 0 amide bonds. The smallest absolute Gasteiger partial charge is 0.0363 e. The molecule has 0 atom stereocenters. The minimum Gasteiger partial charge on any atom is -0.120 e. The maximum Gasteiger partial charge on any atom is 0.0363 e. The first-order chi connectivity index (χ1) is 6.45. The molecular formula is C11H18S2. The second-order valence-electron chi connectivity index (χ2n) is 3.93. The molecular weight excluding hydrogens is 196 g/mol. The summed E-state index contributed by atoms with van der Waals surface area (Å²) in [7, 11) is 0. The van der Waals surface area contributed by atoms with Crippen LogP contribution in [0.5, 0.6) is 0 Å². The molecule has 0 nitrogen and oxygen atoms in total. The summed E-state index contributed by atoms with van der Waals surface area (Å²) in [4.78, 5) is 0. The Morgan fingerprint density at radius 2 is 1.62 bits per heavy atom. The highest BCUT2D eigenvalue weighted by Crippen LogP contribution is 2.37. The molecule has 74 valence electrons. The van der Waals surface area contributed by atoms with Crippen molar-refractivity contribution in [1.82, 2.24) is 0 Å². The first-order valence-electron chi connectivity index (χ1n) is 5.42. The van der Waals surface area contributed by atoms with Gasteiger partial charge in [0.05, 0.1) is 0 Å². The molecule has 0 aromatic rings. The molecule has 1 saturated heterocycles. The summed E-state index contributed by atoms with van der Waals surface area (Å²) in [5.41, 5.74) is 0. The van der Waals surface area contributed by atoms with Gasteiger partial charge in [0, 0.05) is 4.24 Å². The van der Waals surface area contributed by atoms with Crippen LogP contribution in [0.3, 0.4) is 0 Å². The zero-order chi connectivity index (χ0) is 8.93. The molecule has 0 unspecified atom stereocenters. The molecule has 0 aromatic heterocycles. The fourth-order valence-electron chi connectivity index (χ4n) is 2.04. The highest BCUT2D eigenvalue weighted by molar-refractivity contribution is 8.22. The summed E-state index contributed by atoms with van der Waals surface area (Å²) in [6.07, 6.45) is 11.3. The van der Waals surface area contributed by atoms with E-state index in [2.05, 4.69) is 29.6 Å². The first-order valence-corrected chi connectivity index (χ1v) is 7.40. The summed E-state index contributed by atoms with van der Waals surface area (Å²) in [6, 6.07) is 0. The van der Waals surface area contributed by atoms with Gasteiger partial charge in [0.25, 0.3) is 0 Å². The highest BCUT2D eigenvalue weighted by atomic mass is 32.2. The average molecular weight is 214 g/mol. The summed E-state index contributed by atoms with van der Waals surface area (Å²) >= 11 is 4.16. The average Bonchev–Trinajstić information content (AvgIpc) is 2.21. The van der Waals surface area contributed by atoms with Crippen molar-refractivity contribution in [1.29, 1.82) is 0 Å². The van der Waals surface area contributed by atoms with Crippen molar-refractivity contribution in [3.8, 4) is 0 Å². The molecule has 1 aliphatic heterocycles. The maximum atomic E-state index is 2.56. The standard InChI is InChI=1S/C11H18S2/c1-2-5-10(6-3-1)9-11-12-7-4-8-13-11/h9-10H,1-8H2. The molecule has 1 heterocycles. The van der Waals surface area contributed by atoms with E-state index in [9.17, 15) is 0 Å². The molecule has 0 bridgehead atoms. The second-order valence-corrected chi connectivity index (χ2v) is 6.47. The molecule has 1 aliphatic carbocycles. The lowest BCUT2D eigenvalue weighted by molar-refractivity contribution is 0.419. The maximum absolute atomic E-state index is 2.56. The molecule has 0 aromatic carbocycles. The van der Waals surface area contributed by atoms with Gasteiger partial charge in [0.15, 0.2) is 0 Å². The topological polar surface area (TPSA) is 0 Å². The van der Waals surface area contributed by atoms with Crippen molar-refractivity contribution in [2.75, 3.05) is 11.5 Å². The fourth-order valence-corrected chi connectivity index (χ4v) is 4.61. The minimum atomic E-state index is 0.918. The van der Waals surface area contributed by atoms with Crippen molar-refractivity contribution in [3.05, 3.63) is 10.3 Å². The van der Waals surface area contributed by atoms with E-state index in [1.165, 1.54) is 50.0 Å². The Morgan fingerprint density at radius 3 is 2.31 bits per heavy atom. The lowest BCUT2D eigenvalue weighted by Crippen LogP contribution is -2.04. The molecule has 13 heavy (non-hydrogen) atoms. The third kappa shape index (κ3) is 3.25. The monoisotopic (exact) mass is 214 g/mol. The van der Waals surface area contributed by atoms with Gasteiger partial charge >= 0.3 is 0 Å². The van der Waals surface area contributed by atoms with Crippen LogP contribution in [-0.4, -0.2) is 11.5 Å². The van der Waals surface area contributed by atoms with Gasteiger partial charge in [0.1, 0.15) is 0 Å². The van der Waals surface area contributed by atoms with Crippen LogP contribution in [0.25, 0.3) is 0 Å². The largest absolute Gasteiger partial charge is 0.120 e. The number of hydrogen-bond acceptors (Lipinski definition) is 2. The van der Waals surface area contributed by atoms with Crippen LogP contribution in [-0.2, 0) is 0 Å². The molecule has 0 N–H and O–H groups in total. The van der Waals surface area contributed by atoms with Gasteiger partial charge in [-0.2, -0.15) is 0 Å². The quantitative estimate of drug-likeness (QED) is 0.639. The van der Waals surface area contributed by atoms with Gasteiger partial charge < -0.3 is 0 Å². The van der Waals surface area contributed by atoms with E-state index in [1.807, 2.05) is 0 Å². The predicted molar refractivity (Wildman–Crippen MR) is 64.2 cm³/mol. The van der Waals surface area contributed by atoms with Crippen LogP contribution in [0.15, 0.2) is 10.3 Å². The van der Waals surface area contributed by atoms with E-state index in [0.717, 1.165) is 5.92 Å². The summed E-state index contributed by atoms with van der Waals surface area (Å²) in [5, 5.41) is 0. The molecule has 2 aliphatic rings. The van der Waals surface area contributed by atoms with E-state index in [-0.39, 0.29) is 0 Å². The fraction of sp³-hybridized carbons (Fsp3) is 0.818. The van der Waals surface area contributed by atoms with Crippen LogP contribution in [0.1, 0.15) is 38.5 Å². The van der Waals surface area contributed by atoms with Gasteiger partial charge in [-0.3, -0.25) is 0 Å². The minimum absolute atomic E-state index is 0.918. The van der Waals surface area contributed by atoms with Crippen molar-refractivity contribution < 1.29 is 0 Å². The number of hydrogen-bond donors (Lipinski definition) is 0. The van der Waals surface area contributed by atoms with Crippen molar-refractivity contribution in [2.45, 2.75) is 38.5 Å². The van der Waals surface area contributed by atoms with Crippen molar-refractivity contribution >= 4 is 23.5 Å². The van der Waals surface area contributed by atoms with Crippen LogP contribution in [0.4, 0.5) is 0 Å². The Balaban J connectivity index is 1.85. The van der Waals surface area contributed by atoms with Gasteiger partial charge in [-0.25, -0.2) is 0 Å². The molecule has 0 spiro atoms. The van der Waals surface area contributed by atoms with E-state index >= 15 is 0 Å². The Morgan fingerprint density at radius 1 is 0.923 bits per heavy atom. The Hall–Kier alpha value is 0.440. The molecule has 2 fully saturated rings. The summed E-state index contributed by atoms with van der Waals surface area (Å²) in [5.74, 6) is 3.62. The lowest BCUT2D eigenvalue weighted by atomic mass is 9.90. The number of rotatable bonds is 1. The van der Waals surface area contributed by atoms with Crippen molar-refractivity contribution in [3.63, 3.8) is 0 Å². The Bertz CT molecular complexity index is 173. The number of thioether (sulfide) groups is 2. The molecule has 1 saturated carbocycles. The highest BCUT2D eigenvalue weighted by Gasteiger charge is 2.13. The van der Waals surface area contributed by atoms with E-state index in [4.69, 9.17) is 0 Å². The van der Waals surface area contributed by atoms with Gasteiger partial charge in [-0.1, -0.05) is 25.3 Å². The van der Waals surface area contributed by atoms with Crippen LogP contribution < -0.4 is 0 Å². The first kappa shape index (κ1) is 9.97. The third-order valence-corrected chi connectivity index (χ3v) is 5.33.